The zero-order chi connectivity index (χ0) is 22.8. The smallest absolute Gasteiger partial charge is 0.414 e. The average molecular weight is 436 g/mol. The van der Waals surface area contributed by atoms with E-state index in [2.05, 4.69) is 9.80 Å². The van der Waals surface area contributed by atoms with Crippen molar-refractivity contribution in [1.29, 1.82) is 0 Å². The predicted molar refractivity (Wildman–Crippen MR) is 111 cm³/mol. The number of carboxylic acid groups (broad SMARTS) is 2. The summed E-state index contributed by atoms with van der Waals surface area (Å²) < 4.78 is 21.7. The van der Waals surface area contributed by atoms with Crippen molar-refractivity contribution in [2.45, 2.75) is 13.1 Å². The fourth-order valence-electron chi connectivity index (χ4n) is 3.21. The number of hydrogen-bond acceptors (Lipinski definition) is 8. The molecule has 0 spiro atoms. The van der Waals surface area contributed by atoms with Crippen LogP contribution in [-0.2, 0) is 22.7 Å². The summed E-state index contributed by atoms with van der Waals surface area (Å²) in [7, 11) is 4.92. The van der Waals surface area contributed by atoms with E-state index in [9.17, 15) is 0 Å². The monoisotopic (exact) mass is 436 g/mol. The molecule has 3 rings (SSSR count). The summed E-state index contributed by atoms with van der Waals surface area (Å²) in [6.07, 6.45) is 1.73. The number of piperazine rings is 1. The van der Waals surface area contributed by atoms with Gasteiger partial charge in [-0.3, -0.25) is 9.80 Å². The van der Waals surface area contributed by atoms with Crippen molar-refractivity contribution >= 4 is 11.9 Å². The van der Waals surface area contributed by atoms with Crippen molar-refractivity contribution in [2.75, 3.05) is 47.5 Å². The van der Waals surface area contributed by atoms with Gasteiger partial charge >= 0.3 is 11.9 Å². The lowest BCUT2D eigenvalue weighted by Gasteiger charge is -2.34. The molecule has 2 aromatic rings. The van der Waals surface area contributed by atoms with Crippen molar-refractivity contribution < 1.29 is 38.4 Å². The van der Waals surface area contributed by atoms with E-state index >= 15 is 0 Å². The molecule has 1 aliphatic heterocycles. The molecule has 1 saturated heterocycles. The average Bonchev–Trinajstić information content (AvgIpc) is 3.27. The van der Waals surface area contributed by atoms with Gasteiger partial charge < -0.3 is 28.8 Å². The normalized spacial score (nSPS) is 14.3. The molecule has 0 amide bonds. The number of carbonyl (C=O) groups is 2. The molecule has 0 radical (unpaired) electrons. The van der Waals surface area contributed by atoms with E-state index in [1.54, 1.807) is 27.6 Å². The van der Waals surface area contributed by atoms with Crippen molar-refractivity contribution in [2.24, 2.45) is 0 Å². The Bertz CT molecular complexity index is 808. The summed E-state index contributed by atoms with van der Waals surface area (Å²) >= 11 is 0. The first-order chi connectivity index (χ1) is 14.9. The summed E-state index contributed by atoms with van der Waals surface area (Å²) in [5.41, 5.74) is 1.16. The third-order valence-corrected chi connectivity index (χ3v) is 4.74. The van der Waals surface area contributed by atoms with Crippen LogP contribution < -0.4 is 14.2 Å². The van der Waals surface area contributed by atoms with Crippen molar-refractivity contribution in [3.63, 3.8) is 0 Å². The molecule has 1 aromatic heterocycles. The highest BCUT2D eigenvalue weighted by molar-refractivity contribution is 6.27. The Morgan fingerprint density at radius 2 is 1.42 bits per heavy atom. The standard InChI is InChI=1S/C19H26N2O4.C2H2O4/c1-22-17-11-15(12-18(23-2)19(17)24-3)13-20-6-8-21(9-7-20)14-16-5-4-10-25-16;3-1(4)2(5)6/h4-5,10-12H,6-9,13-14H2,1-3H3;(H,3,4)(H,5,6). The molecule has 0 saturated carbocycles. The van der Waals surface area contributed by atoms with Crippen LogP contribution in [0, 0.1) is 0 Å². The van der Waals surface area contributed by atoms with E-state index in [1.165, 1.54) is 0 Å². The highest BCUT2D eigenvalue weighted by atomic mass is 16.5. The van der Waals surface area contributed by atoms with Gasteiger partial charge in [-0.05, 0) is 29.8 Å². The van der Waals surface area contributed by atoms with Gasteiger partial charge in [0.25, 0.3) is 0 Å². The van der Waals surface area contributed by atoms with Crippen LogP contribution in [-0.4, -0.2) is 79.5 Å². The first-order valence-electron chi connectivity index (χ1n) is 9.60. The lowest BCUT2D eigenvalue weighted by atomic mass is 10.1. The van der Waals surface area contributed by atoms with Crippen LogP contribution in [0.4, 0.5) is 0 Å². The van der Waals surface area contributed by atoms with E-state index in [1.807, 2.05) is 24.3 Å². The number of rotatable bonds is 7. The number of aliphatic carboxylic acids is 2. The SMILES string of the molecule is COc1cc(CN2CCN(Cc3ccco3)CC2)cc(OC)c1OC.O=C(O)C(=O)O. The minimum atomic E-state index is -1.82. The lowest BCUT2D eigenvalue weighted by molar-refractivity contribution is -0.159. The summed E-state index contributed by atoms with van der Waals surface area (Å²) in [6.45, 7) is 5.86. The number of carboxylic acids is 2. The molecule has 2 N–H and O–H groups in total. The van der Waals surface area contributed by atoms with Crippen molar-refractivity contribution in [3.05, 3.63) is 41.9 Å². The molecule has 2 heterocycles. The molecule has 0 bridgehead atoms. The highest BCUT2D eigenvalue weighted by Crippen LogP contribution is 2.38. The fourth-order valence-corrected chi connectivity index (χ4v) is 3.21. The topological polar surface area (TPSA) is 122 Å². The van der Waals surface area contributed by atoms with Crippen LogP contribution in [0.25, 0.3) is 0 Å². The van der Waals surface area contributed by atoms with E-state index in [-0.39, 0.29) is 0 Å². The third kappa shape index (κ3) is 7.19. The van der Waals surface area contributed by atoms with Gasteiger partial charge in [-0.25, -0.2) is 9.59 Å². The zero-order valence-corrected chi connectivity index (χ0v) is 17.9. The number of ether oxygens (including phenoxy) is 3. The summed E-state index contributed by atoms with van der Waals surface area (Å²) in [4.78, 5) is 23.1. The van der Waals surface area contributed by atoms with E-state index in [0.29, 0.717) is 17.2 Å². The number of nitrogens with zero attached hydrogens (tertiary/aromatic N) is 2. The number of hydrogen-bond donors (Lipinski definition) is 2. The Hall–Kier alpha value is -3.24. The molecule has 1 fully saturated rings. The second-order valence-electron chi connectivity index (χ2n) is 6.78. The molecule has 10 heteroatoms. The Kier molecular flexibility index (Phi) is 9.16. The quantitative estimate of drug-likeness (QED) is 0.621. The molecule has 31 heavy (non-hydrogen) atoms. The van der Waals surface area contributed by atoms with Crippen molar-refractivity contribution in [1.82, 2.24) is 9.80 Å². The Balaban J connectivity index is 0.000000501. The second-order valence-corrected chi connectivity index (χ2v) is 6.78. The van der Waals surface area contributed by atoms with Crippen LogP contribution in [0.1, 0.15) is 11.3 Å². The third-order valence-electron chi connectivity index (χ3n) is 4.74. The Morgan fingerprint density at radius 3 is 1.81 bits per heavy atom. The van der Waals surface area contributed by atoms with E-state index in [0.717, 1.165) is 50.6 Å². The fraction of sp³-hybridized carbons (Fsp3) is 0.429. The second kappa shape index (κ2) is 11.8. The molecule has 1 aliphatic rings. The number of methoxy groups -OCH3 is 3. The largest absolute Gasteiger partial charge is 0.493 e. The molecule has 10 nitrogen and oxygen atoms in total. The van der Waals surface area contributed by atoms with Gasteiger partial charge in [0, 0.05) is 32.7 Å². The van der Waals surface area contributed by atoms with E-state index < -0.39 is 11.9 Å². The maximum absolute atomic E-state index is 9.10. The van der Waals surface area contributed by atoms with Gasteiger partial charge in [0.1, 0.15) is 5.76 Å². The van der Waals surface area contributed by atoms with Crippen LogP contribution in [0.5, 0.6) is 17.2 Å². The van der Waals surface area contributed by atoms with Crippen LogP contribution >= 0.6 is 0 Å². The van der Waals surface area contributed by atoms with Gasteiger partial charge in [0.2, 0.25) is 5.75 Å². The summed E-state index contributed by atoms with van der Waals surface area (Å²) in [6, 6.07) is 8.02. The highest BCUT2D eigenvalue weighted by Gasteiger charge is 2.20. The first-order valence-corrected chi connectivity index (χ1v) is 9.60. The van der Waals surface area contributed by atoms with Gasteiger partial charge in [0.05, 0.1) is 34.1 Å². The van der Waals surface area contributed by atoms with Gasteiger partial charge in [-0.15, -0.1) is 0 Å². The molecular formula is C21H28N2O8. The van der Waals surface area contributed by atoms with Gasteiger partial charge in [-0.2, -0.15) is 0 Å². The molecule has 0 unspecified atom stereocenters. The van der Waals surface area contributed by atoms with Crippen LogP contribution in [0.15, 0.2) is 34.9 Å². The first kappa shape index (κ1) is 24.0. The summed E-state index contributed by atoms with van der Waals surface area (Å²) in [5.74, 6) is -0.582. The maximum Gasteiger partial charge on any atom is 0.414 e. The predicted octanol–water partition coefficient (Wildman–Crippen LogP) is 1.78. The van der Waals surface area contributed by atoms with E-state index in [4.69, 9.17) is 38.4 Å². The molecule has 1 aromatic carbocycles. The number of furan rings is 1. The Labute approximate surface area is 180 Å². The Morgan fingerprint density at radius 1 is 0.903 bits per heavy atom. The maximum atomic E-state index is 9.10. The molecule has 0 atom stereocenters. The van der Waals surface area contributed by atoms with Crippen LogP contribution in [0.3, 0.4) is 0 Å². The minimum absolute atomic E-state index is 0.636. The van der Waals surface area contributed by atoms with Crippen molar-refractivity contribution in [3.8, 4) is 17.2 Å². The molecule has 0 aliphatic carbocycles. The molecule has 170 valence electrons. The zero-order valence-electron chi connectivity index (χ0n) is 17.9. The molecular weight excluding hydrogens is 408 g/mol. The summed E-state index contributed by atoms with van der Waals surface area (Å²) in [5, 5.41) is 14.8. The lowest BCUT2D eigenvalue weighted by Crippen LogP contribution is -2.45. The van der Waals surface area contributed by atoms with Gasteiger partial charge in [0.15, 0.2) is 11.5 Å². The van der Waals surface area contributed by atoms with Crippen LogP contribution in [0.2, 0.25) is 0 Å². The minimum Gasteiger partial charge on any atom is -0.493 e. The van der Waals surface area contributed by atoms with Gasteiger partial charge in [-0.1, -0.05) is 0 Å². The number of benzene rings is 1.